The molecule has 2 aromatic heterocycles. The molecule has 182 valence electrons. The second-order valence-electron chi connectivity index (χ2n) is 8.86. The highest BCUT2D eigenvalue weighted by Gasteiger charge is 2.23. The zero-order valence-electron chi connectivity index (χ0n) is 20.1. The molecule has 4 heterocycles. The van der Waals surface area contributed by atoms with Crippen LogP contribution in [0.25, 0.3) is 33.1 Å². The summed E-state index contributed by atoms with van der Waals surface area (Å²) in [6, 6.07) is 12.5. The Hall–Kier alpha value is -3.17. The standard InChI is InChI=1S/C26H30N6O2S/c1-33-21-6-4-18(16-22(21)34-2)17-3-5-19-20(15-17)28-24-23(19)29-26(32-9-7-27-8-10-32)30-25(24)31-11-13-35-14-12-31/h3-6,15-16,27-28H,7-14H2,1-2H3. The first-order valence-corrected chi connectivity index (χ1v) is 13.2. The number of thioether (sulfide) groups is 1. The van der Waals surface area contributed by atoms with Gasteiger partial charge in [-0.3, -0.25) is 0 Å². The first-order chi connectivity index (χ1) is 17.2. The first kappa shape index (κ1) is 22.3. The maximum absolute atomic E-state index is 5.52. The Morgan fingerprint density at radius 2 is 1.57 bits per heavy atom. The van der Waals surface area contributed by atoms with Gasteiger partial charge < -0.3 is 29.6 Å². The van der Waals surface area contributed by atoms with Crippen molar-refractivity contribution in [1.82, 2.24) is 20.3 Å². The van der Waals surface area contributed by atoms with E-state index in [1.165, 1.54) is 0 Å². The summed E-state index contributed by atoms with van der Waals surface area (Å²) < 4.78 is 10.9. The van der Waals surface area contributed by atoms with Crippen LogP contribution in [0.1, 0.15) is 0 Å². The van der Waals surface area contributed by atoms with Crippen LogP contribution in [0.2, 0.25) is 0 Å². The van der Waals surface area contributed by atoms with Gasteiger partial charge in [-0.05, 0) is 29.3 Å². The number of nitrogens with zero attached hydrogens (tertiary/aromatic N) is 4. The van der Waals surface area contributed by atoms with Crippen LogP contribution in [0.5, 0.6) is 11.5 Å². The fourth-order valence-corrected chi connectivity index (χ4v) is 5.84. The molecule has 2 aromatic carbocycles. The maximum Gasteiger partial charge on any atom is 0.228 e. The SMILES string of the molecule is COc1ccc(-c2ccc3c(c2)[nH]c2c(N4CCSCC4)nc(N4CCNCC4)nc23)cc1OC. The largest absolute Gasteiger partial charge is 0.493 e. The summed E-state index contributed by atoms with van der Waals surface area (Å²) in [6.07, 6.45) is 0. The second kappa shape index (κ2) is 9.47. The summed E-state index contributed by atoms with van der Waals surface area (Å²) in [7, 11) is 3.32. The summed E-state index contributed by atoms with van der Waals surface area (Å²) in [5, 5.41) is 4.55. The van der Waals surface area contributed by atoms with Crippen molar-refractivity contribution in [3.8, 4) is 22.6 Å². The number of hydrogen-bond acceptors (Lipinski definition) is 8. The molecule has 2 aliphatic rings. The van der Waals surface area contributed by atoms with Crippen LogP contribution in [-0.2, 0) is 0 Å². The van der Waals surface area contributed by atoms with Gasteiger partial charge in [0.1, 0.15) is 11.0 Å². The molecule has 8 nitrogen and oxygen atoms in total. The van der Waals surface area contributed by atoms with E-state index in [0.29, 0.717) is 0 Å². The molecule has 6 rings (SSSR count). The number of aromatic amines is 1. The molecule has 2 fully saturated rings. The Kier molecular flexibility index (Phi) is 6.03. The summed E-state index contributed by atoms with van der Waals surface area (Å²) in [5.41, 5.74) is 5.26. The number of nitrogens with one attached hydrogen (secondary N) is 2. The highest BCUT2D eigenvalue weighted by Crippen LogP contribution is 2.37. The lowest BCUT2D eigenvalue weighted by atomic mass is 10.0. The van der Waals surface area contributed by atoms with Gasteiger partial charge in [0.05, 0.1) is 14.2 Å². The monoisotopic (exact) mass is 490 g/mol. The molecule has 2 aliphatic heterocycles. The number of methoxy groups -OCH3 is 2. The third-order valence-corrected chi connectivity index (χ3v) is 7.78. The molecule has 9 heteroatoms. The predicted octanol–water partition coefficient (Wildman–Crippen LogP) is 3.76. The van der Waals surface area contributed by atoms with E-state index >= 15 is 0 Å². The van der Waals surface area contributed by atoms with Crippen molar-refractivity contribution in [3.05, 3.63) is 36.4 Å². The molecule has 2 N–H and O–H groups in total. The van der Waals surface area contributed by atoms with Crippen molar-refractivity contribution in [2.45, 2.75) is 0 Å². The highest BCUT2D eigenvalue weighted by atomic mass is 32.2. The van der Waals surface area contributed by atoms with E-state index in [2.05, 4.69) is 44.4 Å². The molecule has 2 saturated heterocycles. The maximum atomic E-state index is 5.52. The number of H-pyrrole nitrogens is 1. The van der Waals surface area contributed by atoms with Crippen molar-refractivity contribution in [2.24, 2.45) is 0 Å². The lowest BCUT2D eigenvalue weighted by Gasteiger charge is -2.31. The van der Waals surface area contributed by atoms with Crippen LogP contribution in [-0.4, -0.2) is 79.9 Å². The highest BCUT2D eigenvalue weighted by molar-refractivity contribution is 7.99. The third-order valence-electron chi connectivity index (χ3n) is 6.84. The topological polar surface area (TPSA) is 78.5 Å². The van der Waals surface area contributed by atoms with E-state index in [0.717, 1.165) is 107 Å². The van der Waals surface area contributed by atoms with Crippen molar-refractivity contribution in [1.29, 1.82) is 0 Å². The van der Waals surface area contributed by atoms with Gasteiger partial charge >= 0.3 is 0 Å². The zero-order valence-corrected chi connectivity index (χ0v) is 21.0. The fourth-order valence-electron chi connectivity index (χ4n) is 4.94. The van der Waals surface area contributed by atoms with E-state index in [1.807, 2.05) is 23.9 Å². The van der Waals surface area contributed by atoms with Gasteiger partial charge in [-0.15, -0.1) is 0 Å². The molecule has 35 heavy (non-hydrogen) atoms. The molecule has 0 bridgehead atoms. The molecule has 0 aliphatic carbocycles. The minimum absolute atomic E-state index is 0.721. The quantitative estimate of drug-likeness (QED) is 0.438. The number of piperazine rings is 1. The van der Waals surface area contributed by atoms with Crippen molar-refractivity contribution < 1.29 is 9.47 Å². The average Bonchev–Trinajstić information content (AvgIpc) is 3.31. The lowest BCUT2D eigenvalue weighted by molar-refractivity contribution is 0.355. The van der Waals surface area contributed by atoms with Crippen LogP contribution in [0, 0.1) is 0 Å². The van der Waals surface area contributed by atoms with Crippen LogP contribution in [0.15, 0.2) is 36.4 Å². The van der Waals surface area contributed by atoms with Crippen molar-refractivity contribution in [3.63, 3.8) is 0 Å². The van der Waals surface area contributed by atoms with Crippen LogP contribution in [0.4, 0.5) is 11.8 Å². The number of rotatable bonds is 5. The number of fused-ring (bicyclic) bond motifs is 3. The van der Waals surface area contributed by atoms with Gasteiger partial charge in [0.15, 0.2) is 17.3 Å². The summed E-state index contributed by atoms with van der Waals surface area (Å²) in [6.45, 7) is 5.77. The molecular weight excluding hydrogens is 460 g/mol. The number of anilines is 2. The zero-order chi connectivity index (χ0) is 23.8. The molecule has 0 atom stereocenters. The Labute approximate surface area is 209 Å². The molecule has 0 spiro atoms. The summed E-state index contributed by atoms with van der Waals surface area (Å²) in [5.74, 6) is 5.54. The number of benzene rings is 2. The van der Waals surface area contributed by atoms with E-state index in [-0.39, 0.29) is 0 Å². The summed E-state index contributed by atoms with van der Waals surface area (Å²) in [4.78, 5) is 18.6. The van der Waals surface area contributed by atoms with Gasteiger partial charge in [-0.1, -0.05) is 18.2 Å². The Morgan fingerprint density at radius 1 is 0.829 bits per heavy atom. The fraction of sp³-hybridized carbons (Fsp3) is 0.385. The molecular formula is C26H30N6O2S. The Bertz CT molecular complexity index is 1360. The van der Waals surface area contributed by atoms with Crippen molar-refractivity contribution >= 4 is 45.5 Å². The van der Waals surface area contributed by atoms with Gasteiger partial charge in [-0.2, -0.15) is 16.7 Å². The Balaban J connectivity index is 1.48. The lowest BCUT2D eigenvalue weighted by Crippen LogP contribution is -2.44. The van der Waals surface area contributed by atoms with E-state index in [4.69, 9.17) is 19.4 Å². The van der Waals surface area contributed by atoms with E-state index in [9.17, 15) is 0 Å². The number of ether oxygens (including phenoxy) is 2. The number of aromatic nitrogens is 3. The third kappa shape index (κ3) is 4.12. The second-order valence-corrected chi connectivity index (χ2v) is 10.1. The minimum atomic E-state index is 0.721. The molecule has 0 amide bonds. The minimum Gasteiger partial charge on any atom is -0.493 e. The van der Waals surface area contributed by atoms with Gasteiger partial charge in [0, 0.05) is 61.7 Å². The molecule has 0 radical (unpaired) electrons. The van der Waals surface area contributed by atoms with Crippen LogP contribution in [0.3, 0.4) is 0 Å². The van der Waals surface area contributed by atoms with Gasteiger partial charge in [0.2, 0.25) is 5.95 Å². The number of hydrogen-bond donors (Lipinski definition) is 2. The normalized spacial score (nSPS) is 16.7. The smallest absolute Gasteiger partial charge is 0.228 e. The van der Waals surface area contributed by atoms with Crippen LogP contribution >= 0.6 is 11.8 Å². The molecule has 0 unspecified atom stereocenters. The van der Waals surface area contributed by atoms with E-state index < -0.39 is 0 Å². The van der Waals surface area contributed by atoms with Crippen molar-refractivity contribution in [2.75, 3.05) is 74.8 Å². The van der Waals surface area contributed by atoms with Gasteiger partial charge in [-0.25, -0.2) is 4.98 Å². The average molecular weight is 491 g/mol. The summed E-state index contributed by atoms with van der Waals surface area (Å²) >= 11 is 2.01. The predicted molar refractivity (Wildman–Crippen MR) is 145 cm³/mol. The first-order valence-electron chi connectivity index (χ1n) is 12.1. The van der Waals surface area contributed by atoms with E-state index in [1.54, 1.807) is 14.2 Å². The molecule has 0 saturated carbocycles. The van der Waals surface area contributed by atoms with Crippen LogP contribution < -0.4 is 24.6 Å². The Morgan fingerprint density at radius 3 is 2.34 bits per heavy atom. The van der Waals surface area contributed by atoms with Gasteiger partial charge in [0.25, 0.3) is 0 Å². The molecule has 4 aromatic rings.